The fourth-order valence-electron chi connectivity index (χ4n) is 3.52. The average Bonchev–Trinajstić information content (AvgIpc) is 2.78. The summed E-state index contributed by atoms with van der Waals surface area (Å²) in [5.74, 6) is -0.679. The van der Waals surface area contributed by atoms with E-state index in [0.29, 0.717) is 17.9 Å². The van der Waals surface area contributed by atoms with Gasteiger partial charge in [-0.05, 0) is 30.0 Å². The number of hydrogen-bond donors (Lipinski definition) is 4. The van der Waals surface area contributed by atoms with E-state index >= 15 is 0 Å². The molecule has 1 aliphatic heterocycles. The fourth-order valence-corrected chi connectivity index (χ4v) is 3.52. The van der Waals surface area contributed by atoms with E-state index < -0.39 is 37.0 Å². The van der Waals surface area contributed by atoms with Crippen LogP contribution < -0.4 is 20.1 Å². The zero-order valence-corrected chi connectivity index (χ0v) is 18.2. The minimum atomic E-state index is -1.71. The minimum absolute atomic E-state index is 0.0217. The van der Waals surface area contributed by atoms with Crippen molar-refractivity contribution in [1.29, 1.82) is 0 Å². The highest BCUT2D eigenvalue weighted by molar-refractivity contribution is 6.43. The van der Waals surface area contributed by atoms with E-state index in [1.807, 2.05) is 50.2 Å². The maximum Gasteiger partial charge on any atom is 0.475 e. The number of ether oxygens (including phenoxy) is 2. The third-order valence-corrected chi connectivity index (χ3v) is 5.13. The number of fused-ring (bicyclic) bond motifs is 1. The smallest absolute Gasteiger partial charge is 0.475 e. The lowest BCUT2D eigenvalue weighted by Crippen LogP contribution is -2.57. The number of hydrogen-bond acceptors (Lipinski definition) is 6. The molecule has 0 saturated heterocycles. The van der Waals surface area contributed by atoms with Crippen LogP contribution in [0.4, 0.5) is 0 Å². The van der Waals surface area contributed by atoms with E-state index in [0.717, 1.165) is 5.56 Å². The van der Waals surface area contributed by atoms with Crippen molar-refractivity contribution in [2.24, 2.45) is 5.92 Å². The molecule has 1 unspecified atom stereocenters. The molecular weight excluding hydrogens is 411 g/mol. The summed E-state index contributed by atoms with van der Waals surface area (Å²) in [7, 11) is -1.71. The zero-order valence-electron chi connectivity index (χ0n) is 18.2. The Morgan fingerprint density at radius 1 is 1.03 bits per heavy atom. The summed E-state index contributed by atoms with van der Waals surface area (Å²) >= 11 is 0. The Morgan fingerprint density at radius 3 is 2.34 bits per heavy atom. The highest BCUT2D eigenvalue weighted by Crippen LogP contribution is 2.30. The first-order valence-electron chi connectivity index (χ1n) is 10.7. The lowest BCUT2D eigenvalue weighted by Gasteiger charge is -2.28. The Hall–Kier alpha value is -3.04. The second-order valence-electron chi connectivity index (χ2n) is 8.27. The topological polar surface area (TPSA) is 117 Å². The molecule has 1 aliphatic rings. The van der Waals surface area contributed by atoms with E-state index in [1.165, 1.54) is 0 Å². The maximum absolute atomic E-state index is 13.0. The Morgan fingerprint density at radius 2 is 1.69 bits per heavy atom. The molecule has 2 aromatic rings. The third-order valence-electron chi connectivity index (χ3n) is 5.13. The van der Waals surface area contributed by atoms with Crippen molar-refractivity contribution >= 4 is 18.9 Å². The number of benzene rings is 2. The third kappa shape index (κ3) is 6.48. The summed E-state index contributed by atoms with van der Waals surface area (Å²) < 4.78 is 11.4. The molecule has 9 heteroatoms. The van der Waals surface area contributed by atoms with Crippen molar-refractivity contribution in [3.05, 3.63) is 60.2 Å². The molecule has 0 fully saturated rings. The number of carbonyl (C=O) groups excluding carboxylic acids is 2. The van der Waals surface area contributed by atoms with Crippen molar-refractivity contribution in [1.82, 2.24) is 10.6 Å². The molecular formula is C23H29BN2O6. The SMILES string of the molecule is CC(C)C[C@H](NC(=O)[C@H](Cc1ccccc1)NC(=O)C1COc2ccccc2O1)B(O)O. The van der Waals surface area contributed by atoms with Gasteiger partial charge in [0.2, 0.25) is 12.0 Å². The van der Waals surface area contributed by atoms with Gasteiger partial charge in [0.1, 0.15) is 12.6 Å². The molecule has 0 saturated carbocycles. The van der Waals surface area contributed by atoms with Crippen LogP contribution in [0, 0.1) is 5.92 Å². The van der Waals surface area contributed by atoms with E-state index in [-0.39, 0.29) is 18.9 Å². The van der Waals surface area contributed by atoms with Gasteiger partial charge >= 0.3 is 7.12 Å². The van der Waals surface area contributed by atoms with Crippen molar-refractivity contribution < 1.29 is 29.1 Å². The Bertz CT molecular complexity index is 908. The first kappa shape index (κ1) is 23.6. The first-order chi connectivity index (χ1) is 15.3. The van der Waals surface area contributed by atoms with Gasteiger partial charge in [-0.1, -0.05) is 56.3 Å². The van der Waals surface area contributed by atoms with Gasteiger partial charge < -0.3 is 30.2 Å². The molecule has 1 heterocycles. The summed E-state index contributed by atoms with van der Waals surface area (Å²) in [6.07, 6.45) is -0.296. The summed E-state index contributed by atoms with van der Waals surface area (Å²) in [5, 5.41) is 24.8. The molecule has 170 valence electrons. The Balaban J connectivity index is 1.72. The lowest BCUT2D eigenvalue weighted by molar-refractivity contribution is -0.135. The van der Waals surface area contributed by atoms with Crippen molar-refractivity contribution in [2.75, 3.05) is 6.61 Å². The van der Waals surface area contributed by atoms with Gasteiger partial charge in [-0.2, -0.15) is 0 Å². The highest BCUT2D eigenvalue weighted by Gasteiger charge is 2.33. The summed E-state index contributed by atoms with van der Waals surface area (Å²) in [5.41, 5.74) is 0.851. The van der Waals surface area contributed by atoms with E-state index in [2.05, 4.69) is 10.6 Å². The monoisotopic (exact) mass is 440 g/mol. The molecule has 8 nitrogen and oxygen atoms in total. The molecule has 3 rings (SSSR count). The molecule has 0 aromatic heterocycles. The molecule has 0 bridgehead atoms. The number of rotatable bonds is 9. The predicted octanol–water partition coefficient (Wildman–Crippen LogP) is 1.10. The second kappa shape index (κ2) is 11.0. The number of carbonyl (C=O) groups is 2. The highest BCUT2D eigenvalue weighted by atomic mass is 16.6. The van der Waals surface area contributed by atoms with Crippen LogP contribution in [0.1, 0.15) is 25.8 Å². The summed E-state index contributed by atoms with van der Waals surface area (Å²) in [6, 6.07) is 15.4. The molecule has 4 N–H and O–H groups in total. The average molecular weight is 440 g/mol. The van der Waals surface area contributed by atoms with Crippen molar-refractivity contribution in [3.8, 4) is 11.5 Å². The fraction of sp³-hybridized carbons (Fsp3) is 0.391. The van der Waals surface area contributed by atoms with Crippen LogP contribution in [0.25, 0.3) is 0 Å². The molecule has 2 aromatic carbocycles. The first-order valence-corrected chi connectivity index (χ1v) is 10.7. The van der Waals surface area contributed by atoms with E-state index in [9.17, 15) is 19.6 Å². The van der Waals surface area contributed by atoms with Crippen LogP contribution >= 0.6 is 0 Å². The quantitative estimate of drug-likeness (QED) is 0.434. The number of amides is 2. The minimum Gasteiger partial charge on any atom is -0.485 e. The lowest BCUT2D eigenvalue weighted by atomic mass is 9.75. The number of nitrogens with one attached hydrogen (secondary N) is 2. The van der Waals surface area contributed by atoms with Crippen LogP contribution in [-0.4, -0.2) is 53.7 Å². The Kier molecular flexibility index (Phi) is 8.13. The van der Waals surface area contributed by atoms with Crippen LogP contribution in [0.5, 0.6) is 11.5 Å². The number of para-hydroxylation sites is 2. The van der Waals surface area contributed by atoms with Gasteiger partial charge in [-0.3, -0.25) is 9.59 Å². The standard InChI is InChI=1S/C23H29BN2O6/c1-15(2)12-21(24(29)30)26-22(27)17(13-16-8-4-3-5-9-16)25-23(28)20-14-31-18-10-6-7-11-19(18)32-20/h3-11,15,17,20-21,29-30H,12-14H2,1-2H3,(H,25,28)(H,26,27)/t17-,20?,21-/m0/s1. The van der Waals surface area contributed by atoms with Crippen LogP contribution in [0.2, 0.25) is 0 Å². The van der Waals surface area contributed by atoms with E-state index in [4.69, 9.17) is 9.47 Å². The van der Waals surface area contributed by atoms with Crippen molar-refractivity contribution in [3.63, 3.8) is 0 Å². The van der Waals surface area contributed by atoms with Gasteiger partial charge in [-0.15, -0.1) is 0 Å². The molecule has 2 amide bonds. The Labute approximate surface area is 188 Å². The van der Waals surface area contributed by atoms with Gasteiger partial charge in [0.15, 0.2) is 11.5 Å². The predicted molar refractivity (Wildman–Crippen MR) is 120 cm³/mol. The normalized spacial score (nSPS) is 16.7. The molecule has 32 heavy (non-hydrogen) atoms. The van der Waals surface area contributed by atoms with Gasteiger partial charge in [0.25, 0.3) is 5.91 Å². The molecule has 0 spiro atoms. The second-order valence-corrected chi connectivity index (χ2v) is 8.27. The van der Waals surface area contributed by atoms with Crippen molar-refractivity contribution in [2.45, 2.75) is 44.8 Å². The van der Waals surface area contributed by atoms with Gasteiger partial charge in [0.05, 0.1) is 5.94 Å². The zero-order chi connectivity index (χ0) is 23.1. The van der Waals surface area contributed by atoms with Crippen LogP contribution in [-0.2, 0) is 16.0 Å². The van der Waals surface area contributed by atoms with E-state index in [1.54, 1.807) is 18.2 Å². The summed E-state index contributed by atoms with van der Waals surface area (Å²) in [6.45, 7) is 3.86. The van der Waals surface area contributed by atoms with Crippen LogP contribution in [0.15, 0.2) is 54.6 Å². The molecule has 0 radical (unpaired) electrons. The largest absolute Gasteiger partial charge is 0.485 e. The van der Waals surface area contributed by atoms with Crippen LogP contribution in [0.3, 0.4) is 0 Å². The maximum atomic E-state index is 13.0. The van der Waals surface area contributed by atoms with Gasteiger partial charge in [-0.25, -0.2) is 0 Å². The molecule has 0 aliphatic carbocycles. The molecule has 3 atom stereocenters. The van der Waals surface area contributed by atoms with Gasteiger partial charge in [0, 0.05) is 6.42 Å². The summed E-state index contributed by atoms with van der Waals surface area (Å²) in [4.78, 5) is 26.0.